The smallest absolute Gasteiger partial charge is 0.187 e. The molecule has 0 bridgehead atoms. The van der Waals surface area contributed by atoms with Crippen LogP contribution in [0.2, 0.25) is 5.02 Å². The summed E-state index contributed by atoms with van der Waals surface area (Å²) >= 11 is 6.59. The van der Waals surface area contributed by atoms with Crippen molar-refractivity contribution < 1.29 is 28.2 Å². The van der Waals surface area contributed by atoms with Crippen LogP contribution in [-0.2, 0) is 0 Å². The molecular formula is C35H25ClFNO5. The van der Waals surface area contributed by atoms with Crippen molar-refractivity contribution in [3.8, 4) is 11.5 Å². The van der Waals surface area contributed by atoms with Crippen LogP contribution in [0.3, 0.4) is 0 Å². The van der Waals surface area contributed by atoms with Gasteiger partial charge in [0.15, 0.2) is 28.8 Å². The van der Waals surface area contributed by atoms with Gasteiger partial charge in [0.05, 0.1) is 25.3 Å². The van der Waals surface area contributed by atoms with Crippen LogP contribution >= 0.6 is 11.6 Å². The van der Waals surface area contributed by atoms with Crippen molar-refractivity contribution in [3.63, 3.8) is 0 Å². The van der Waals surface area contributed by atoms with Gasteiger partial charge >= 0.3 is 0 Å². The number of carbonyl (C=O) groups is 3. The molecular weight excluding hydrogens is 569 g/mol. The lowest BCUT2D eigenvalue weighted by Gasteiger charge is -2.37. The van der Waals surface area contributed by atoms with Gasteiger partial charge in [-0.05, 0) is 36.4 Å². The Morgan fingerprint density at radius 2 is 1.58 bits per heavy atom. The number of halogens is 2. The number of Topliss-reactive ketones (excluding diaryl/α,β-unsaturated/α-hetero) is 3. The van der Waals surface area contributed by atoms with Crippen LogP contribution in [-0.4, -0.2) is 43.7 Å². The van der Waals surface area contributed by atoms with Gasteiger partial charge in [-0.2, -0.15) is 0 Å². The summed E-state index contributed by atoms with van der Waals surface area (Å²) in [6.45, 7) is 0. The van der Waals surface area contributed by atoms with Crippen molar-refractivity contribution in [1.29, 1.82) is 0 Å². The lowest BCUT2D eigenvalue weighted by atomic mass is 9.64. The van der Waals surface area contributed by atoms with Gasteiger partial charge in [0.2, 0.25) is 0 Å². The van der Waals surface area contributed by atoms with Crippen LogP contribution in [0.4, 0.5) is 10.1 Å². The number of rotatable bonds is 5. The van der Waals surface area contributed by atoms with E-state index in [9.17, 15) is 18.8 Å². The van der Waals surface area contributed by atoms with E-state index in [1.165, 1.54) is 26.4 Å². The van der Waals surface area contributed by atoms with Crippen molar-refractivity contribution in [2.24, 2.45) is 5.41 Å². The van der Waals surface area contributed by atoms with Crippen molar-refractivity contribution in [3.05, 3.63) is 130 Å². The molecule has 2 heterocycles. The standard InChI is InChI=1S/C35H25ClFNO5/c1-42-27-13-7-11-24(32(27)43-2)29-30(31(39)23-10-5-6-12-25(23)36)38-26-16-15-20(37)18-19(26)14-17-28(38)35(29)33(40)21-8-3-4-9-22(21)34(35)41/h3-18,28-30H,1-2H3/t28-,29+,30-/m0/s1. The van der Waals surface area contributed by atoms with Gasteiger partial charge in [-0.3, -0.25) is 14.4 Å². The largest absolute Gasteiger partial charge is 0.493 e. The summed E-state index contributed by atoms with van der Waals surface area (Å²) in [5, 5.41) is 0.237. The predicted molar refractivity (Wildman–Crippen MR) is 161 cm³/mol. The molecule has 7 rings (SSSR count). The number of fused-ring (bicyclic) bond motifs is 5. The molecule has 4 aromatic carbocycles. The van der Waals surface area contributed by atoms with Crippen LogP contribution in [0, 0.1) is 11.2 Å². The van der Waals surface area contributed by atoms with E-state index in [0.29, 0.717) is 39.4 Å². The molecule has 0 saturated carbocycles. The second-order valence-corrected chi connectivity index (χ2v) is 11.2. The van der Waals surface area contributed by atoms with Crippen molar-refractivity contribution in [1.82, 2.24) is 0 Å². The van der Waals surface area contributed by atoms with E-state index in [-0.39, 0.29) is 27.9 Å². The maximum absolute atomic E-state index is 14.8. The maximum atomic E-state index is 14.8. The fourth-order valence-corrected chi connectivity index (χ4v) is 7.50. The average Bonchev–Trinajstić information content (AvgIpc) is 3.46. The molecule has 1 fully saturated rings. The molecule has 6 nitrogen and oxygen atoms in total. The molecule has 0 unspecified atom stereocenters. The second kappa shape index (κ2) is 9.92. The SMILES string of the molecule is COc1cccc([C@@H]2[C@@H](C(=O)c3ccccc3Cl)N3c4ccc(F)cc4C=C[C@H]3C23C(=O)c2ccccc2C3=O)c1OC. The quantitative estimate of drug-likeness (QED) is 0.187. The van der Waals surface area contributed by atoms with E-state index in [1.807, 2.05) is 0 Å². The van der Waals surface area contributed by atoms with Crippen LogP contribution in [0.25, 0.3) is 6.08 Å². The summed E-state index contributed by atoms with van der Waals surface area (Å²) in [4.78, 5) is 46.3. The third-order valence-corrected chi connectivity index (χ3v) is 9.27. The second-order valence-electron chi connectivity index (χ2n) is 10.8. The Kier molecular flexibility index (Phi) is 6.25. The molecule has 0 aromatic heterocycles. The minimum absolute atomic E-state index is 0.237. The summed E-state index contributed by atoms with van der Waals surface area (Å²) in [6, 6.07) is 20.9. The molecule has 43 heavy (non-hydrogen) atoms. The molecule has 0 amide bonds. The molecule has 3 aliphatic rings. The van der Waals surface area contributed by atoms with Crippen molar-refractivity contribution in [2.75, 3.05) is 19.1 Å². The minimum Gasteiger partial charge on any atom is -0.493 e. The van der Waals surface area contributed by atoms with E-state index < -0.39 is 29.2 Å². The van der Waals surface area contributed by atoms with E-state index in [4.69, 9.17) is 21.1 Å². The monoisotopic (exact) mass is 593 g/mol. The van der Waals surface area contributed by atoms with Gasteiger partial charge < -0.3 is 14.4 Å². The highest BCUT2D eigenvalue weighted by atomic mass is 35.5. The third kappa shape index (κ3) is 3.61. The highest BCUT2D eigenvalue weighted by Crippen LogP contribution is 2.62. The van der Waals surface area contributed by atoms with Gasteiger partial charge in [-0.15, -0.1) is 0 Å². The van der Waals surface area contributed by atoms with E-state index in [0.717, 1.165) is 0 Å². The minimum atomic E-state index is -1.76. The fraction of sp³-hybridized carbons (Fsp3) is 0.171. The number of anilines is 1. The number of ketones is 3. The number of hydrogen-bond acceptors (Lipinski definition) is 6. The Morgan fingerprint density at radius 3 is 2.26 bits per heavy atom. The van der Waals surface area contributed by atoms with Crippen molar-refractivity contribution in [2.45, 2.75) is 18.0 Å². The van der Waals surface area contributed by atoms with Gasteiger partial charge in [-0.25, -0.2) is 4.39 Å². The zero-order valence-electron chi connectivity index (χ0n) is 23.2. The summed E-state index contributed by atoms with van der Waals surface area (Å²) in [6.07, 6.45) is 3.45. The van der Waals surface area contributed by atoms with Gasteiger partial charge in [0, 0.05) is 39.4 Å². The molecule has 0 radical (unpaired) electrons. The number of methoxy groups -OCH3 is 2. The molecule has 0 N–H and O–H groups in total. The highest BCUT2D eigenvalue weighted by Gasteiger charge is 2.72. The Morgan fingerprint density at radius 1 is 0.884 bits per heavy atom. The average molecular weight is 594 g/mol. The number of nitrogens with zero attached hydrogens (tertiary/aromatic N) is 1. The first-order chi connectivity index (χ1) is 20.8. The number of carbonyl (C=O) groups excluding carboxylic acids is 3. The molecule has 1 saturated heterocycles. The first-order valence-corrected chi connectivity index (χ1v) is 14.2. The molecule has 214 valence electrons. The summed E-state index contributed by atoms with van der Waals surface area (Å²) < 4.78 is 25.9. The Hall–Kier alpha value is -4.75. The first-order valence-electron chi connectivity index (χ1n) is 13.8. The number of benzene rings is 4. The van der Waals surface area contributed by atoms with Crippen LogP contribution < -0.4 is 14.4 Å². The Bertz CT molecular complexity index is 1850. The third-order valence-electron chi connectivity index (χ3n) is 8.94. The zero-order chi connectivity index (χ0) is 30.0. The normalized spacial score (nSPS) is 21.0. The maximum Gasteiger partial charge on any atom is 0.187 e. The predicted octanol–water partition coefficient (Wildman–Crippen LogP) is 6.81. The van der Waals surface area contributed by atoms with Gasteiger partial charge in [-0.1, -0.05) is 72.3 Å². The lowest BCUT2D eigenvalue weighted by molar-refractivity contribution is 0.0664. The lowest BCUT2D eigenvalue weighted by Crippen LogP contribution is -2.48. The van der Waals surface area contributed by atoms with Crippen LogP contribution in [0.1, 0.15) is 48.1 Å². The molecule has 2 aliphatic heterocycles. The number of para-hydroxylation sites is 1. The van der Waals surface area contributed by atoms with E-state index in [1.54, 1.807) is 89.8 Å². The number of hydrogen-bond donors (Lipinski definition) is 0. The highest BCUT2D eigenvalue weighted by molar-refractivity contribution is 6.35. The molecule has 4 aromatic rings. The summed E-state index contributed by atoms with van der Waals surface area (Å²) in [5.41, 5.74) is 0.593. The number of ether oxygens (including phenoxy) is 2. The van der Waals surface area contributed by atoms with Crippen LogP contribution in [0.5, 0.6) is 11.5 Å². The van der Waals surface area contributed by atoms with Gasteiger partial charge in [0.1, 0.15) is 17.3 Å². The van der Waals surface area contributed by atoms with Crippen LogP contribution in [0.15, 0.2) is 91.0 Å². The van der Waals surface area contributed by atoms with E-state index in [2.05, 4.69) is 0 Å². The fourth-order valence-electron chi connectivity index (χ4n) is 7.27. The topological polar surface area (TPSA) is 72.9 Å². The molecule has 3 atom stereocenters. The first kappa shape index (κ1) is 27.1. The summed E-state index contributed by atoms with van der Waals surface area (Å²) in [5.74, 6) is -1.95. The van der Waals surface area contributed by atoms with Crippen molar-refractivity contribution >= 4 is 40.7 Å². The van der Waals surface area contributed by atoms with Gasteiger partial charge in [0.25, 0.3) is 0 Å². The Labute approximate surface area is 252 Å². The summed E-state index contributed by atoms with van der Waals surface area (Å²) in [7, 11) is 2.98. The zero-order valence-corrected chi connectivity index (χ0v) is 24.0. The molecule has 8 heteroatoms. The van der Waals surface area contributed by atoms with E-state index >= 15 is 0 Å². The molecule has 1 aliphatic carbocycles. The molecule has 1 spiro atoms. The Balaban J connectivity index is 1.60.